The Bertz CT molecular complexity index is 957. The largest absolute Gasteiger partial charge is 0.413 e. The van der Waals surface area contributed by atoms with Gasteiger partial charge in [-0.3, -0.25) is 9.36 Å². The van der Waals surface area contributed by atoms with Crippen molar-refractivity contribution in [2.24, 2.45) is 0 Å². The molecule has 6 nitrogen and oxygen atoms in total. The lowest BCUT2D eigenvalue weighted by atomic mass is 9.96. The number of nitrogens with zero attached hydrogens (tertiary/aromatic N) is 4. The summed E-state index contributed by atoms with van der Waals surface area (Å²) >= 11 is 0. The number of halogens is 3. The van der Waals surface area contributed by atoms with Crippen molar-refractivity contribution in [3.05, 3.63) is 52.3 Å². The lowest BCUT2D eigenvalue weighted by molar-refractivity contribution is -0.182. The van der Waals surface area contributed by atoms with Gasteiger partial charge >= 0.3 is 6.18 Å². The fourth-order valence-electron chi connectivity index (χ4n) is 4.09. The Labute approximate surface area is 172 Å². The van der Waals surface area contributed by atoms with Crippen LogP contribution in [0.15, 0.2) is 41.2 Å². The highest BCUT2D eigenvalue weighted by Gasteiger charge is 2.60. The number of anilines is 2. The molecule has 162 valence electrons. The Kier molecular flexibility index (Phi) is 5.25. The van der Waals surface area contributed by atoms with Crippen LogP contribution in [0.1, 0.15) is 25.3 Å². The second kappa shape index (κ2) is 7.61. The van der Waals surface area contributed by atoms with Gasteiger partial charge in [0.2, 0.25) is 5.95 Å². The topological polar surface area (TPSA) is 50.6 Å². The Balaban J connectivity index is 1.75. The number of hydrogen-bond acceptors (Lipinski definition) is 5. The zero-order valence-electron chi connectivity index (χ0n) is 17.0. The van der Waals surface area contributed by atoms with Crippen LogP contribution in [-0.4, -0.2) is 54.1 Å². The molecule has 3 heterocycles. The van der Waals surface area contributed by atoms with E-state index in [1.165, 1.54) is 11.0 Å². The Morgan fingerprint density at radius 3 is 2.50 bits per heavy atom. The highest BCUT2D eigenvalue weighted by Crippen LogP contribution is 2.44. The normalized spacial score (nSPS) is 22.8. The summed E-state index contributed by atoms with van der Waals surface area (Å²) in [4.78, 5) is 20.4. The molecule has 30 heavy (non-hydrogen) atoms. The standard InChI is InChI=1S/C21H25F3N4O2/c1-15(16-6-4-3-5-7-16)13-28-19-25-17(26-8-10-30-11-9-26)12-18(29)27(19)14-20(28,2)21(22,23)24/h3-7,12,15H,8-11,13-14H2,1-2H3. The summed E-state index contributed by atoms with van der Waals surface area (Å²) in [6.07, 6.45) is -4.53. The molecular weight excluding hydrogens is 397 g/mol. The maximum atomic E-state index is 14.2. The van der Waals surface area contributed by atoms with Crippen molar-refractivity contribution in [2.45, 2.75) is 38.0 Å². The Morgan fingerprint density at radius 1 is 1.20 bits per heavy atom. The van der Waals surface area contributed by atoms with Gasteiger partial charge in [0.25, 0.3) is 5.56 Å². The minimum absolute atomic E-state index is 0.0756. The quantitative estimate of drug-likeness (QED) is 0.758. The lowest BCUT2D eigenvalue weighted by Gasteiger charge is -2.38. The average molecular weight is 422 g/mol. The van der Waals surface area contributed by atoms with E-state index in [2.05, 4.69) is 4.98 Å². The number of fused-ring (bicyclic) bond motifs is 1. The van der Waals surface area contributed by atoms with E-state index >= 15 is 0 Å². The van der Waals surface area contributed by atoms with Crippen LogP contribution in [0.2, 0.25) is 0 Å². The van der Waals surface area contributed by atoms with E-state index < -0.39 is 23.8 Å². The summed E-state index contributed by atoms with van der Waals surface area (Å²) in [5.74, 6) is 0.299. The SMILES string of the molecule is CC(CN1c2nc(N3CCOCC3)cc(=O)n2CC1(C)C(F)(F)F)c1ccccc1. The molecule has 2 aliphatic rings. The van der Waals surface area contributed by atoms with Crippen molar-refractivity contribution in [1.82, 2.24) is 9.55 Å². The van der Waals surface area contributed by atoms with Crippen LogP contribution < -0.4 is 15.4 Å². The van der Waals surface area contributed by atoms with Gasteiger partial charge in [0.1, 0.15) is 5.82 Å². The first kappa shape index (κ1) is 20.7. The van der Waals surface area contributed by atoms with Crippen molar-refractivity contribution in [3.8, 4) is 0 Å². The molecule has 1 aromatic heterocycles. The van der Waals surface area contributed by atoms with Gasteiger partial charge in [-0.2, -0.15) is 18.2 Å². The predicted octanol–water partition coefficient (Wildman–Crippen LogP) is 3.02. The van der Waals surface area contributed by atoms with Gasteiger partial charge in [0.15, 0.2) is 5.54 Å². The van der Waals surface area contributed by atoms with Gasteiger partial charge in [-0.15, -0.1) is 0 Å². The molecule has 1 fully saturated rings. The summed E-state index contributed by atoms with van der Waals surface area (Å²) in [6, 6.07) is 10.7. The molecule has 0 radical (unpaired) electrons. The third-order valence-corrected chi connectivity index (χ3v) is 6.05. The first-order valence-corrected chi connectivity index (χ1v) is 10.0. The zero-order valence-corrected chi connectivity index (χ0v) is 17.0. The number of ether oxygens (including phenoxy) is 1. The minimum Gasteiger partial charge on any atom is -0.378 e. The number of aromatic nitrogens is 2. The van der Waals surface area contributed by atoms with E-state index in [0.717, 1.165) is 17.1 Å². The van der Waals surface area contributed by atoms with E-state index in [1.54, 1.807) is 0 Å². The molecule has 2 aromatic rings. The highest BCUT2D eigenvalue weighted by atomic mass is 19.4. The number of alkyl halides is 3. The number of rotatable bonds is 4. The molecule has 2 aliphatic heterocycles. The zero-order chi connectivity index (χ0) is 21.5. The van der Waals surface area contributed by atoms with Crippen LogP contribution in [-0.2, 0) is 11.3 Å². The monoisotopic (exact) mass is 422 g/mol. The minimum atomic E-state index is -4.53. The van der Waals surface area contributed by atoms with Crippen molar-refractivity contribution in [3.63, 3.8) is 0 Å². The fourth-order valence-corrected chi connectivity index (χ4v) is 4.09. The van der Waals surface area contributed by atoms with Crippen molar-refractivity contribution < 1.29 is 17.9 Å². The third-order valence-electron chi connectivity index (χ3n) is 6.05. The van der Waals surface area contributed by atoms with Crippen LogP contribution in [0, 0.1) is 0 Å². The van der Waals surface area contributed by atoms with Gasteiger partial charge in [0, 0.05) is 25.7 Å². The van der Waals surface area contributed by atoms with Gasteiger partial charge < -0.3 is 14.5 Å². The summed E-state index contributed by atoms with van der Waals surface area (Å²) in [5, 5.41) is 0. The summed E-state index contributed by atoms with van der Waals surface area (Å²) in [6.45, 7) is 4.75. The molecule has 0 bridgehead atoms. The third kappa shape index (κ3) is 3.55. The molecule has 1 aromatic carbocycles. The smallest absolute Gasteiger partial charge is 0.378 e. The van der Waals surface area contributed by atoms with E-state index in [1.807, 2.05) is 42.2 Å². The Hall–Kier alpha value is -2.55. The Morgan fingerprint density at radius 2 is 1.87 bits per heavy atom. The second-order valence-electron chi connectivity index (χ2n) is 8.13. The van der Waals surface area contributed by atoms with E-state index in [9.17, 15) is 18.0 Å². The summed E-state index contributed by atoms with van der Waals surface area (Å²) < 4.78 is 49.0. The molecule has 0 spiro atoms. The van der Waals surface area contributed by atoms with Gasteiger partial charge in [0.05, 0.1) is 19.8 Å². The van der Waals surface area contributed by atoms with Crippen LogP contribution in [0.4, 0.5) is 24.9 Å². The molecular formula is C21H25F3N4O2. The van der Waals surface area contributed by atoms with Crippen LogP contribution in [0.3, 0.4) is 0 Å². The maximum Gasteiger partial charge on any atom is 0.413 e. The van der Waals surface area contributed by atoms with Crippen LogP contribution in [0.5, 0.6) is 0 Å². The fraction of sp³-hybridized carbons (Fsp3) is 0.524. The second-order valence-corrected chi connectivity index (χ2v) is 8.13. The number of hydrogen-bond donors (Lipinski definition) is 0. The molecule has 4 rings (SSSR count). The van der Waals surface area contributed by atoms with Crippen molar-refractivity contribution in [2.75, 3.05) is 42.6 Å². The van der Waals surface area contributed by atoms with Crippen LogP contribution >= 0.6 is 0 Å². The van der Waals surface area contributed by atoms with Crippen molar-refractivity contribution in [1.29, 1.82) is 0 Å². The summed E-state index contributed by atoms with van der Waals surface area (Å²) in [5.41, 5.74) is -1.74. The van der Waals surface area contributed by atoms with Crippen molar-refractivity contribution >= 4 is 11.8 Å². The van der Waals surface area contributed by atoms with Gasteiger partial charge in [-0.25, -0.2) is 0 Å². The molecule has 1 saturated heterocycles. The van der Waals surface area contributed by atoms with Gasteiger partial charge in [-0.1, -0.05) is 37.3 Å². The molecule has 0 saturated carbocycles. The van der Waals surface area contributed by atoms with Crippen LogP contribution in [0.25, 0.3) is 0 Å². The number of benzene rings is 1. The molecule has 2 atom stereocenters. The summed E-state index contributed by atoms with van der Waals surface area (Å²) in [7, 11) is 0. The van der Waals surface area contributed by atoms with Gasteiger partial charge in [-0.05, 0) is 18.4 Å². The first-order valence-electron chi connectivity index (χ1n) is 10.0. The van der Waals surface area contributed by atoms with E-state index in [4.69, 9.17) is 4.74 Å². The van der Waals surface area contributed by atoms with E-state index in [-0.39, 0.29) is 18.4 Å². The lowest BCUT2D eigenvalue weighted by Crippen LogP contribution is -2.56. The highest BCUT2D eigenvalue weighted by molar-refractivity contribution is 5.50. The molecule has 0 aliphatic carbocycles. The van der Waals surface area contributed by atoms with E-state index in [0.29, 0.717) is 32.1 Å². The molecule has 9 heteroatoms. The molecule has 0 amide bonds. The number of morpholine rings is 1. The molecule has 2 unspecified atom stereocenters. The average Bonchev–Trinajstić information content (AvgIpc) is 3.03. The predicted molar refractivity (Wildman–Crippen MR) is 108 cm³/mol. The molecule has 0 N–H and O–H groups in total. The first-order chi connectivity index (χ1) is 14.2. The maximum absolute atomic E-state index is 14.2.